The molecule has 0 aliphatic rings. The van der Waals surface area contributed by atoms with Crippen molar-refractivity contribution in [3.8, 4) is 0 Å². The molecule has 0 aromatic carbocycles. The Bertz CT molecular complexity index is 128. The smallest absolute Gasteiger partial charge is 0.380 e. The van der Waals surface area contributed by atoms with E-state index in [1.54, 1.807) is 0 Å². The standard InChI is InChI=1S/C4H5BrF2O3/c5-1-4(6,7)3(9)10-2-8/h8H,1-2H2. The molecular formula is C4H5BrF2O3. The Morgan fingerprint density at radius 3 is 2.50 bits per heavy atom. The molecule has 10 heavy (non-hydrogen) atoms. The Kier molecular flexibility index (Phi) is 3.73. The van der Waals surface area contributed by atoms with Crippen LogP contribution in [0.3, 0.4) is 0 Å². The molecule has 0 saturated carbocycles. The van der Waals surface area contributed by atoms with Gasteiger partial charge in [0.1, 0.15) is 0 Å². The monoisotopic (exact) mass is 218 g/mol. The number of aliphatic hydroxyl groups excluding tert-OH is 1. The van der Waals surface area contributed by atoms with Crippen molar-refractivity contribution >= 4 is 21.9 Å². The van der Waals surface area contributed by atoms with Crippen molar-refractivity contribution in [2.24, 2.45) is 0 Å². The molecule has 0 saturated heterocycles. The topological polar surface area (TPSA) is 46.5 Å². The molecule has 0 fully saturated rings. The summed E-state index contributed by atoms with van der Waals surface area (Å²) >= 11 is 2.41. The van der Waals surface area contributed by atoms with Crippen LogP contribution in [0.1, 0.15) is 0 Å². The maximum Gasteiger partial charge on any atom is 0.380 e. The van der Waals surface area contributed by atoms with E-state index in [-0.39, 0.29) is 0 Å². The summed E-state index contributed by atoms with van der Waals surface area (Å²) in [4.78, 5) is 10.1. The van der Waals surface area contributed by atoms with Gasteiger partial charge in [0.2, 0.25) is 0 Å². The molecule has 6 heteroatoms. The van der Waals surface area contributed by atoms with Gasteiger partial charge in [-0.05, 0) is 0 Å². The predicted molar refractivity (Wildman–Crippen MR) is 31.9 cm³/mol. The first-order valence-electron chi connectivity index (χ1n) is 2.26. The van der Waals surface area contributed by atoms with Gasteiger partial charge in [0.25, 0.3) is 0 Å². The van der Waals surface area contributed by atoms with Gasteiger partial charge in [0.05, 0.1) is 5.33 Å². The van der Waals surface area contributed by atoms with Crippen LogP contribution in [-0.2, 0) is 9.53 Å². The molecule has 0 aliphatic heterocycles. The van der Waals surface area contributed by atoms with Crippen LogP contribution in [0.4, 0.5) is 8.78 Å². The largest absolute Gasteiger partial charge is 0.434 e. The van der Waals surface area contributed by atoms with Crippen molar-refractivity contribution < 1.29 is 23.4 Å². The highest BCUT2D eigenvalue weighted by molar-refractivity contribution is 9.09. The van der Waals surface area contributed by atoms with Gasteiger partial charge in [0.15, 0.2) is 6.79 Å². The number of rotatable bonds is 3. The molecule has 0 heterocycles. The molecule has 0 bridgehead atoms. The number of carbonyl (C=O) groups is 1. The zero-order valence-corrected chi connectivity index (χ0v) is 6.40. The lowest BCUT2D eigenvalue weighted by Crippen LogP contribution is -2.32. The summed E-state index contributed by atoms with van der Waals surface area (Å²) in [5.74, 6) is -5.28. The van der Waals surface area contributed by atoms with Gasteiger partial charge < -0.3 is 9.84 Å². The lowest BCUT2D eigenvalue weighted by Gasteiger charge is -2.09. The van der Waals surface area contributed by atoms with E-state index in [4.69, 9.17) is 5.11 Å². The Balaban J connectivity index is 3.91. The molecule has 0 spiro atoms. The third kappa shape index (κ3) is 2.57. The van der Waals surface area contributed by atoms with Crippen LogP contribution in [0.25, 0.3) is 0 Å². The first-order valence-corrected chi connectivity index (χ1v) is 3.38. The third-order valence-corrected chi connectivity index (χ3v) is 1.37. The number of halogens is 3. The molecule has 3 nitrogen and oxygen atoms in total. The van der Waals surface area contributed by atoms with Crippen molar-refractivity contribution in [1.29, 1.82) is 0 Å². The molecular weight excluding hydrogens is 214 g/mol. The minimum Gasteiger partial charge on any atom is -0.434 e. The van der Waals surface area contributed by atoms with Crippen LogP contribution in [-0.4, -0.2) is 29.1 Å². The molecule has 1 N–H and O–H groups in total. The van der Waals surface area contributed by atoms with E-state index in [0.29, 0.717) is 0 Å². The van der Waals surface area contributed by atoms with Crippen LogP contribution in [0, 0.1) is 0 Å². The highest BCUT2D eigenvalue weighted by Gasteiger charge is 2.39. The van der Waals surface area contributed by atoms with Crippen molar-refractivity contribution in [2.45, 2.75) is 5.92 Å². The van der Waals surface area contributed by atoms with Crippen molar-refractivity contribution in [1.82, 2.24) is 0 Å². The summed E-state index contributed by atoms with van der Waals surface area (Å²) in [5.41, 5.74) is 0. The lowest BCUT2D eigenvalue weighted by atomic mass is 10.4. The summed E-state index contributed by atoms with van der Waals surface area (Å²) in [6, 6.07) is 0. The number of esters is 1. The number of carbonyl (C=O) groups excluding carboxylic acids is 1. The van der Waals surface area contributed by atoms with Crippen LogP contribution in [0.2, 0.25) is 0 Å². The Hall–Kier alpha value is -0.230. The second kappa shape index (κ2) is 3.82. The molecule has 0 atom stereocenters. The Labute approximate surface area is 64.1 Å². The molecule has 0 unspecified atom stereocenters. The predicted octanol–water partition coefficient (Wildman–Crippen LogP) is 0.510. The fraction of sp³-hybridized carbons (Fsp3) is 0.750. The number of hydrogen-bond donors (Lipinski definition) is 1. The SMILES string of the molecule is O=C(OCO)C(F)(F)CBr. The van der Waals surface area contributed by atoms with E-state index in [2.05, 4.69) is 20.7 Å². The lowest BCUT2D eigenvalue weighted by molar-refractivity contribution is -0.176. The minimum absolute atomic E-state index is 0.807. The Morgan fingerprint density at radius 1 is 1.70 bits per heavy atom. The van der Waals surface area contributed by atoms with E-state index in [0.717, 1.165) is 0 Å². The number of hydrogen-bond acceptors (Lipinski definition) is 3. The molecule has 0 amide bonds. The van der Waals surface area contributed by atoms with Crippen LogP contribution >= 0.6 is 15.9 Å². The van der Waals surface area contributed by atoms with Gasteiger partial charge in [-0.1, -0.05) is 15.9 Å². The fourth-order valence-corrected chi connectivity index (χ4v) is 0.448. The summed E-state index contributed by atoms with van der Waals surface area (Å²) in [5, 5.41) is 7.10. The van der Waals surface area contributed by atoms with E-state index in [1.165, 1.54) is 0 Å². The Morgan fingerprint density at radius 2 is 2.20 bits per heavy atom. The van der Waals surface area contributed by atoms with E-state index in [1.807, 2.05) is 0 Å². The maximum atomic E-state index is 12.1. The van der Waals surface area contributed by atoms with Gasteiger partial charge >= 0.3 is 11.9 Å². The van der Waals surface area contributed by atoms with E-state index in [9.17, 15) is 13.6 Å². The summed E-state index contributed by atoms with van der Waals surface area (Å²) in [6.45, 7) is -1.03. The summed E-state index contributed by atoms with van der Waals surface area (Å²) < 4.78 is 27.8. The van der Waals surface area contributed by atoms with Gasteiger partial charge in [-0.25, -0.2) is 4.79 Å². The van der Waals surface area contributed by atoms with E-state index >= 15 is 0 Å². The second-order valence-electron chi connectivity index (χ2n) is 1.40. The molecule has 0 aliphatic carbocycles. The summed E-state index contributed by atoms with van der Waals surface area (Å²) in [6.07, 6.45) is 0. The van der Waals surface area contributed by atoms with Crippen LogP contribution in [0.15, 0.2) is 0 Å². The molecule has 0 rings (SSSR count). The molecule has 0 aromatic heterocycles. The van der Waals surface area contributed by atoms with Crippen molar-refractivity contribution in [2.75, 3.05) is 12.1 Å². The number of ether oxygens (including phenoxy) is 1. The molecule has 60 valence electrons. The van der Waals surface area contributed by atoms with E-state index < -0.39 is 24.0 Å². The highest BCUT2D eigenvalue weighted by Crippen LogP contribution is 2.17. The average Bonchev–Trinajstić information content (AvgIpc) is 1.89. The third-order valence-electron chi connectivity index (χ3n) is 0.662. The van der Waals surface area contributed by atoms with Crippen molar-refractivity contribution in [3.63, 3.8) is 0 Å². The molecule has 0 aromatic rings. The van der Waals surface area contributed by atoms with Gasteiger partial charge in [-0.2, -0.15) is 8.78 Å². The number of aliphatic hydroxyl groups is 1. The quantitative estimate of drug-likeness (QED) is 0.427. The summed E-state index contributed by atoms with van der Waals surface area (Å²) in [7, 11) is 0. The first kappa shape index (κ1) is 9.77. The van der Waals surface area contributed by atoms with Gasteiger partial charge in [0, 0.05) is 0 Å². The van der Waals surface area contributed by atoms with Crippen LogP contribution in [0.5, 0.6) is 0 Å². The fourth-order valence-electron chi connectivity index (χ4n) is 0.219. The second-order valence-corrected chi connectivity index (χ2v) is 1.96. The zero-order chi connectivity index (χ0) is 8.20. The average molecular weight is 219 g/mol. The maximum absolute atomic E-state index is 12.1. The zero-order valence-electron chi connectivity index (χ0n) is 4.81. The van der Waals surface area contributed by atoms with Crippen molar-refractivity contribution in [3.05, 3.63) is 0 Å². The van der Waals surface area contributed by atoms with Gasteiger partial charge in [-0.3, -0.25) is 0 Å². The highest BCUT2D eigenvalue weighted by atomic mass is 79.9. The van der Waals surface area contributed by atoms with Gasteiger partial charge in [-0.15, -0.1) is 0 Å². The minimum atomic E-state index is -3.55. The van der Waals surface area contributed by atoms with Crippen LogP contribution < -0.4 is 0 Å². The molecule has 0 radical (unpaired) electrons. The normalized spacial score (nSPS) is 11.2. The number of alkyl halides is 3. The first-order chi connectivity index (χ1) is 4.54.